The number of carbonyl (C=O) groups is 1. The number of hydrogen-bond donors (Lipinski definition) is 1. The molecule has 0 bridgehead atoms. The normalized spacial score (nSPS) is 14.8. The predicted molar refractivity (Wildman–Crippen MR) is 121 cm³/mol. The van der Waals surface area contributed by atoms with E-state index in [4.69, 9.17) is 11.6 Å². The average molecular weight is 440 g/mol. The maximum atomic E-state index is 11.5. The van der Waals surface area contributed by atoms with E-state index in [0.29, 0.717) is 5.02 Å². The Balaban J connectivity index is 1.66. The number of thiazole rings is 1. The molecule has 0 fully saturated rings. The maximum Gasteiger partial charge on any atom is 0.323 e. The van der Waals surface area contributed by atoms with Crippen molar-refractivity contribution < 1.29 is 14.5 Å². The fraction of sp³-hybridized carbons (Fsp3) is 0.0909. The summed E-state index contributed by atoms with van der Waals surface area (Å²) in [5.41, 5.74) is 2.03. The van der Waals surface area contributed by atoms with E-state index in [1.807, 2.05) is 29.2 Å². The van der Waals surface area contributed by atoms with Crippen LogP contribution in [0.5, 0.6) is 0 Å². The lowest BCUT2D eigenvalue weighted by Crippen LogP contribution is -2.30. The Bertz CT molecular complexity index is 1330. The number of benzene rings is 3. The van der Waals surface area contributed by atoms with Crippen LogP contribution in [0.25, 0.3) is 27.1 Å². The number of carboxylic acids is 1. The highest BCUT2D eigenvalue weighted by molar-refractivity contribution is 8.03. The Hall–Kier alpha value is -2.54. The molecule has 0 amide bonds. The molecule has 144 valence electrons. The Labute approximate surface area is 180 Å². The quantitative estimate of drug-likeness (QED) is 0.426. The molecule has 1 aromatic heterocycles. The summed E-state index contributed by atoms with van der Waals surface area (Å²) in [6.45, 7) is -0.107. The van der Waals surface area contributed by atoms with Crippen molar-refractivity contribution in [1.82, 2.24) is 0 Å². The first-order chi connectivity index (χ1) is 14.0. The van der Waals surface area contributed by atoms with Crippen LogP contribution in [0.4, 0.5) is 5.69 Å². The fourth-order valence-electron chi connectivity index (χ4n) is 3.67. The van der Waals surface area contributed by atoms with E-state index >= 15 is 0 Å². The third-order valence-corrected chi connectivity index (χ3v) is 7.47. The lowest BCUT2D eigenvalue weighted by atomic mass is 10.1. The molecule has 3 aromatic carbocycles. The van der Waals surface area contributed by atoms with Gasteiger partial charge in [-0.15, -0.1) is 0 Å². The summed E-state index contributed by atoms with van der Waals surface area (Å²) in [4.78, 5) is 14.3. The van der Waals surface area contributed by atoms with Gasteiger partial charge < -0.3 is 10.0 Å². The monoisotopic (exact) mass is 439 g/mol. The van der Waals surface area contributed by atoms with Crippen molar-refractivity contribution in [1.29, 1.82) is 0 Å². The molecular formula is C22H16ClN2O2S2+. The standard InChI is InChI=1S/C22H15ClN2O2S2/c1-24-19(29-18-8-6-13-4-2-3-5-15(13)22(18)24)11-20-25(12-21(26)27)16-10-14(23)7-9-17(16)28-20/h2-11H,12H2,1H3/p+1. The molecule has 0 saturated heterocycles. The molecule has 0 saturated carbocycles. The van der Waals surface area contributed by atoms with Crippen LogP contribution in [-0.4, -0.2) is 17.6 Å². The first-order valence-corrected chi connectivity index (χ1v) is 11.0. The fourth-order valence-corrected chi connectivity index (χ4v) is 6.09. The van der Waals surface area contributed by atoms with E-state index in [1.165, 1.54) is 21.0 Å². The second-order valence-electron chi connectivity index (χ2n) is 6.81. The zero-order valence-corrected chi connectivity index (χ0v) is 17.8. The molecule has 1 aliphatic rings. The van der Waals surface area contributed by atoms with Crippen LogP contribution in [0.2, 0.25) is 5.02 Å². The molecule has 1 N–H and O–H groups in total. The summed E-state index contributed by atoms with van der Waals surface area (Å²) in [6.07, 6.45) is 2.07. The summed E-state index contributed by atoms with van der Waals surface area (Å²) in [6, 6.07) is 18.2. The van der Waals surface area contributed by atoms with Gasteiger partial charge >= 0.3 is 5.97 Å². The third-order valence-electron chi connectivity index (χ3n) is 4.98. The van der Waals surface area contributed by atoms with E-state index in [9.17, 15) is 9.90 Å². The van der Waals surface area contributed by atoms with E-state index in [-0.39, 0.29) is 6.54 Å². The number of thioether (sulfide) groups is 1. The van der Waals surface area contributed by atoms with Crippen LogP contribution in [0.15, 0.2) is 64.5 Å². The Kier molecular flexibility index (Phi) is 4.50. The molecule has 0 radical (unpaired) electrons. The lowest BCUT2D eigenvalue weighted by molar-refractivity contribution is -0.641. The van der Waals surface area contributed by atoms with Gasteiger partial charge in [0, 0.05) is 9.92 Å². The number of carboxylic acid groups (broad SMARTS) is 1. The van der Waals surface area contributed by atoms with E-state index in [2.05, 4.69) is 48.0 Å². The van der Waals surface area contributed by atoms with Crippen molar-refractivity contribution in [2.45, 2.75) is 4.90 Å². The van der Waals surface area contributed by atoms with Crippen LogP contribution in [0, 0.1) is 0 Å². The van der Waals surface area contributed by atoms with Crippen molar-refractivity contribution in [2.24, 2.45) is 7.05 Å². The van der Waals surface area contributed by atoms with E-state index in [1.54, 1.807) is 23.1 Å². The molecule has 5 rings (SSSR count). The molecule has 29 heavy (non-hydrogen) atoms. The largest absolute Gasteiger partial charge is 0.480 e. The topological polar surface area (TPSA) is 44.4 Å². The van der Waals surface area contributed by atoms with Gasteiger partial charge in [0.05, 0.1) is 22.2 Å². The van der Waals surface area contributed by atoms with E-state index in [0.717, 1.165) is 20.6 Å². The SMILES string of the molecule is C[n+]1c(/C=C2\Sc3ccc(Cl)cc3N2CC(=O)O)sc2ccc3ccccc3c21. The Morgan fingerprint density at radius 2 is 2.03 bits per heavy atom. The van der Waals surface area contributed by atoms with Crippen molar-refractivity contribution >= 4 is 73.4 Å². The number of aliphatic carboxylic acids is 1. The van der Waals surface area contributed by atoms with E-state index < -0.39 is 5.97 Å². The van der Waals surface area contributed by atoms with Gasteiger partial charge in [-0.3, -0.25) is 4.79 Å². The molecule has 4 nitrogen and oxygen atoms in total. The van der Waals surface area contributed by atoms with Crippen LogP contribution in [0.1, 0.15) is 5.01 Å². The maximum absolute atomic E-state index is 11.5. The number of anilines is 1. The Morgan fingerprint density at radius 1 is 1.21 bits per heavy atom. The van der Waals surface area contributed by atoms with Gasteiger partial charge in [-0.2, -0.15) is 4.57 Å². The summed E-state index contributed by atoms with van der Waals surface area (Å²) in [5, 5.41) is 14.4. The van der Waals surface area contributed by atoms with Crippen LogP contribution < -0.4 is 9.47 Å². The highest BCUT2D eigenvalue weighted by Crippen LogP contribution is 2.47. The minimum atomic E-state index is -0.879. The average Bonchev–Trinajstić information content (AvgIpc) is 3.19. The first kappa shape index (κ1) is 18.5. The molecular weight excluding hydrogens is 424 g/mol. The number of nitrogens with zero attached hydrogens (tertiary/aromatic N) is 2. The lowest BCUT2D eigenvalue weighted by Gasteiger charge is -2.17. The zero-order chi connectivity index (χ0) is 20.1. The van der Waals surface area contributed by atoms with Crippen molar-refractivity contribution in [3.8, 4) is 0 Å². The zero-order valence-electron chi connectivity index (χ0n) is 15.4. The number of aromatic nitrogens is 1. The van der Waals surface area contributed by atoms with Gasteiger partial charge in [0.25, 0.3) is 5.01 Å². The van der Waals surface area contributed by atoms with Crippen molar-refractivity contribution in [2.75, 3.05) is 11.4 Å². The smallest absolute Gasteiger partial charge is 0.323 e. The van der Waals surface area contributed by atoms with Crippen LogP contribution in [0.3, 0.4) is 0 Å². The first-order valence-electron chi connectivity index (χ1n) is 9.00. The highest BCUT2D eigenvalue weighted by Gasteiger charge is 2.29. The minimum absolute atomic E-state index is 0.107. The van der Waals surface area contributed by atoms with Gasteiger partial charge in [-0.05, 0) is 35.7 Å². The van der Waals surface area contributed by atoms with Gasteiger partial charge in [0.2, 0.25) is 5.52 Å². The number of fused-ring (bicyclic) bond motifs is 4. The van der Waals surface area contributed by atoms with Gasteiger partial charge in [0.1, 0.15) is 18.3 Å². The van der Waals surface area contributed by atoms with Crippen LogP contribution in [-0.2, 0) is 11.8 Å². The number of aryl methyl sites for hydroxylation is 1. The summed E-state index contributed by atoms with van der Waals surface area (Å²) in [7, 11) is 2.06. The molecule has 4 aromatic rings. The summed E-state index contributed by atoms with van der Waals surface area (Å²) >= 11 is 9.43. The molecule has 0 spiro atoms. The predicted octanol–water partition coefficient (Wildman–Crippen LogP) is 5.53. The number of halogens is 1. The second-order valence-corrected chi connectivity index (χ2v) is 9.37. The minimum Gasteiger partial charge on any atom is -0.480 e. The second kappa shape index (κ2) is 7.06. The van der Waals surface area contributed by atoms with Gasteiger partial charge in [-0.25, -0.2) is 0 Å². The molecule has 1 aliphatic heterocycles. The van der Waals surface area contributed by atoms with Crippen molar-refractivity contribution in [3.63, 3.8) is 0 Å². The van der Waals surface area contributed by atoms with Crippen LogP contribution >= 0.6 is 34.7 Å². The molecule has 2 heterocycles. The van der Waals surface area contributed by atoms with Gasteiger partial charge in [-0.1, -0.05) is 59.0 Å². The van der Waals surface area contributed by atoms with Gasteiger partial charge in [0.15, 0.2) is 0 Å². The summed E-state index contributed by atoms with van der Waals surface area (Å²) < 4.78 is 3.39. The number of hydrogen-bond acceptors (Lipinski definition) is 4. The van der Waals surface area contributed by atoms with Crippen molar-refractivity contribution in [3.05, 3.63) is 69.7 Å². The molecule has 0 atom stereocenters. The Morgan fingerprint density at radius 3 is 2.86 bits per heavy atom. The summed E-state index contributed by atoms with van der Waals surface area (Å²) in [5.74, 6) is -0.879. The third kappa shape index (κ3) is 3.17. The molecule has 7 heteroatoms. The highest BCUT2D eigenvalue weighted by atomic mass is 35.5. The number of rotatable bonds is 3. The molecule has 0 unspecified atom stereocenters. The molecule has 0 aliphatic carbocycles.